The van der Waals surface area contributed by atoms with Gasteiger partial charge in [-0.25, -0.2) is 0 Å². The third-order valence-corrected chi connectivity index (χ3v) is 4.18. The number of carbonyl (C=O) groups excluding carboxylic acids is 1. The highest BCUT2D eigenvalue weighted by Crippen LogP contribution is 2.28. The van der Waals surface area contributed by atoms with Gasteiger partial charge < -0.3 is 0 Å². The topological polar surface area (TPSA) is 17.1 Å². The monoisotopic (exact) mass is 296 g/mol. The van der Waals surface area contributed by atoms with Gasteiger partial charge in [0.05, 0.1) is 0 Å². The second-order valence-electron chi connectivity index (χ2n) is 4.54. The van der Waals surface area contributed by atoms with Crippen molar-refractivity contribution in [3.63, 3.8) is 0 Å². The van der Waals surface area contributed by atoms with Crippen LogP contribution in [-0.4, -0.2) is 5.78 Å². The van der Waals surface area contributed by atoms with Crippen molar-refractivity contribution in [1.82, 2.24) is 0 Å². The molecule has 0 aliphatic carbocycles. The summed E-state index contributed by atoms with van der Waals surface area (Å²) in [7, 11) is 0. The highest BCUT2D eigenvalue weighted by Gasteiger charge is 2.12. The molecule has 0 saturated heterocycles. The summed E-state index contributed by atoms with van der Waals surface area (Å²) < 4.78 is 1.16. The lowest BCUT2D eigenvalue weighted by Gasteiger charge is -2.15. The molecule has 94 valence electrons. The Hall–Kier alpha value is -0.630. The summed E-state index contributed by atoms with van der Waals surface area (Å²) in [5.41, 5.74) is 2.60. The summed E-state index contributed by atoms with van der Waals surface area (Å²) in [6.07, 6.45) is 3.43. The molecular formula is C15H21BrO. The third-order valence-electron chi connectivity index (χ3n) is 3.33. The van der Waals surface area contributed by atoms with Crippen LogP contribution in [0, 0.1) is 6.92 Å². The van der Waals surface area contributed by atoms with Crippen molar-refractivity contribution in [3.05, 3.63) is 33.8 Å². The van der Waals surface area contributed by atoms with Crippen LogP contribution in [0.2, 0.25) is 0 Å². The number of benzene rings is 1. The van der Waals surface area contributed by atoms with Crippen LogP contribution in [0.1, 0.15) is 56.6 Å². The van der Waals surface area contributed by atoms with Crippen molar-refractivity contribution >= 4 is 21.7 Å². The minimum Gasteiger partial charge on any atom is -0.300 e. The predicted molar refractivity (Wildman–Crippen MR) is 76.4 cm³/mol. The van der Waals surface area contributed by atoms with E-state index >= 15 is 0 Å². The van der Waals surface area contributed by atoms with Crippen LogP contribution in [0.15, 0.2) is 22.7 Å². The van der Waals surface area contributed by atoms with Gasteiger partial charge in [-0.3, -0.25) is 4.79 Å². The Bertz CT molecular complexity index is 385. The molecule has 1 aromatic carbocycles. The quantitative estimate of drug-likeness (QED) is 0.721. The van der Waals surface area contributed by atoms with Gasteiger partial charge in [0.15, 0.2) is 0 Å². The fraction of sp³-hybridized carbons (Fsp3) is 0.533. The summed E-state index contributed by atoms with van der Waals surface area (Å²) in [6.45, 7) is 6.22. The van der Waals surface area contributed by atoms with Gasteiger partial charge in [-0.15, -0.1) is 0 Å². The molecule has 2 heteroatoms. The second kappa shape index (κ2) is 6.95. The molecule has 0 fully saturated rings. The Morgan fingerprint density at radius 2 is 2.06 bits per heavy atom. The molecule has 0 saturated carbocycles. The standard InChI is InChI=1S/C15H21BrO/c1-4-12(8-9-14(17)5-2)13-7-6-11(3)15(16)10-13/h6-7,10,12H,4-5,8-9H2,1-3H3. The fourth-order valence-electron chi connectivity index (χ4n) is 1.98. The average molecular weight is 297 g/mol. The van der Waals surface area contributed by atoms with Gasteiger partial charge in [0.2, 0.25) is 0 Å². The minimum absolute atomic E-state index is 0.370. The Kier molecular flexibility index (Phi) is 5.90. The molecule has 1 rings (SSSR count). The lowest BCUT2D eigenvalue weighted by atomic mass is 9.90. The molecule has 1 atom stereocenters. The maximum Gasteiger partial charge on any atom is 0.132 e. The van der Waals surface area contributed by atoms with Crippen molar-refractivity contribution in [3.8, 4) is 0 Å². The molecule has 1 aromatic rings. The molecule has 1 unspecified atom stereocenters. The predicted octanol–water partition coefficient (Wildman–Crippen LogP) is 5.01. The maximum absolute atomic E-state index is 11.4. The SMILES string of the molecule is CCC(=O)CCC(CC)c1ccc(C)c(Br)c1. The van der Waals surface area contributed by atoms with Crippen LogP contribution in [0.25, 0.3) is 0 Å². The number of Topliss-reactive ketones (excluding diaryl/α,β-unsaturated/α-hetero) is 1. The maximum atomic E-state index is 11.4. The first-order chi connectivity index (χ1) is 8.08. The molecule has 0 bridgehead atoms. The number of carbonyl (C=O) groups is 1. The van der Waals surface area contributed by atoms with Crippen LogP contribution in [0.5, 0.6) is 0 Å². The zero-order valence-electron chi connectivity index (χ0n) is 10.9. The van der Waals surface area contributed by atoms with Crippen LogP contribution < -0.4 is 0 Å². The summed E-state index contributed by atoms with van der Waals surface area (Å²) in [6, 6.07) is 6.52. The molecule has 0 heterocycles. The summed E-state index contributed by atoms with van der Waals surface area (Å²) in [4.78, 5) is 11.4. The molecule has 0 radical (unpaired) electrons. The van der Waals surface area contributed by atoms with Crippen molar-refractivity contribution in [2.24, 2.45) is 0 Å². The van der Waals surface area contributed by atoms with Gasteiger partial charge in [0.1, 0.15) is 5.78 Å². The first-order valence-electron chi connectivity index (χ1n) is 6.36. The smallest absolute Gasteiger partial charge is 0.132 e. The fourth-order valence-corrected chi connectivity index (χ4v) is 2.38. The number of hydrogen-bond donors (Lipinski definition) is 0. The van der Waals surface area contributed by atoms with E-state index in [1.807, 2.05) is 6.92 Å². The zero-order valence-corrected chi connectivity index (χ0v) is 12.5. The highest BCUT2D eigenvalue weighted by atomic mass is 79.9. The Balaban J connectivity index is 2.72. The van der Waals surface area contributed by atoms with Crippen molar-refractivity contribution in [2.75, 3.05) is 0 Å². The van der Waals surface area contributed by atoms with E-state index in [4.69, 9.17) is 0 Å². The molecule has 1 nitrogen and oxygen atoms in total. The summed E-state index contributed by atoms with van der Waals surface area (Å²) in [5.74, 6) is 0.872. The van der Waals surface area contributed by atoms with E-state index in [-0.39, 0.29) is 0 Å². The van der Waals surface area contributed by atoms with Crippen LogP contribution in [0.3, 0.4) is 0 Å². The highest BCUT2D eigenvalue weighted by molar-refractivity contribution is 9.10. The van der Waals surface area contributed by atoms with Crippen molar-refractivity contribution in [2.45, 2.75) is 52.4 Å². The van der Waals surface area contributed by atoms with E-state index in [2.05, 4.69) is 48.0 Å². The first kappa shape index (κ1) is 14.4. The largest absolute Gasteiger partial charge is 0.300 e. The lowest BCUT2D eigenvalue weighted by molar-refractivity contribution is -0.118. The van der Waals surface area contributed by atoms with E-state index in [1.165, 1.54) is 11.1 Å². The molecule has 0 aromatic heterocycles. The van der Waals surface area contributed by atoms with E-state index in [0.29, 0.717) is 24.5 Å². The summed E-state index contributed by atoms with van der Waals surface area (Å²) >= 11 is 3.57. The average Bonchev–Trinajstić information content (AvgIpc) is 2.33. The van der Waals surface area contributed by atoms with Crippen LogP contribution in [-0.2, 0) is 4.79 Å². The van der Waals surface area contributed by atoms with E-state index in [0.717, 1.165) is 17.3 Å². The Morgan fingerprint density at radius 1 is 1.35 bits per heavy atom. The number of aryl methyl sites for hydroxylation is 1. The number of rotatable bonds is 6. The number of halogens is 1. The normalized spacial score (nSPS) is 12.5. The van der Waals surface area contributed by atoms with Gasteiger partial charge in [-0.1, -0.05) is 41.9 Å². The van der Waals surface area contributed by atoms with Gasteiger partial charge in [0, 0.05) is 17.3 Å². The van der Waals surface area contributed by atoms with Crippen molar-refractivity contribution < 1.29 is 4.79 Å². The van der Waals surface area contributed by atoms with Crippen LogP contribution in [0.4, 0.5) is 0 Å². The second-order valence-corrected chi connectivity index (χ2v) is 5.40. The number of hydrogen-bond acceptors (Lipinski definition) is 1. The Morgan fingerprint density at radius 3 is 2.59 bits per heavy atom. The molecular weight excluding hydrogens is 276 g/mol. The minimum atomic E-state index is 0.370. The zero-order chi connectivity index (χ0) is 12.8. The Labute approximate surface area is 113 Å². The molecule has 0 aliphatic rings. The van der Waals surface area contributed by atoms with E-state index < -0.39 is 0 Å². The van der Waals surface area contributed by atoms with E-state index in [1.54, 1.807) is 0 Å². The number of ketones is 1. The lowest BCUT2D eigenvalue weighted by Crippen LogP contribution is -2.02. The molecule has 0 N–H and O–H groups in total. The van der Waals surface area contributed by atoms with Gasteiger partial charge in [-0.05, 0) is 42.9 Å². The molecule has 0 amide bonds. The van der Waals surface area contributed by atoms with Crippen LogP contribution >= 0.6 is 15.9 Å². The van der Waals surface area contributed by atoms with Gasteiger partial charge >= 0.3 is 0 Å². The molecule has 0 spiro atoms. The van der Waals surface area contributed by atoms with Gasteiger partial charge in [0.25, 0.3) is 0 Å². The summed E-state index contributed by atoms with van der Waals surface area (Å²) in [5, 5.41) is 0. The van der Waals surface area contributed by atoms with Crippen molar-refractivity contribution in [1.29, 1.82) is 0 Å². The van der Waals surface area contributed by atoms with Gasteiger partial charge in [-0.2, -0.15) is 0 Å². The molecule has 0 aliphatic heterocycles. The third kappa shape index (κ3) is 4.27. The first-order valence-corrected chi connectivity index (χ1v) is 7.15. The molecule has 17 heavy (non-hydrogen) atoms. The van der Waals surface area contributed by atoms with E-state index in [9.17, 15) is 4.79 Å².